The summed E-state index contributed by atoms with van der Waals surface area (Å²) in [5.41, 5.74) is 3.76. The summed E-state index contributed by atoms with van der Waals surface area (Å²) in [5.74, 6) is 0.531. The molecule has 6 nitrogen and oxygen atoms in total. The van der Waals surface area contributed by atoms with E-state index in [0.29, 0.717) is 5.82 Å². The molecule has 0 spiro atoms. The summed E-state index contributed by atoms with van der Waals surface area (Å²) in [6, 6.07) is 17.0. The van der Waals surface area contributed by atoms with E-state index in [0.717, 1.165) is 22.4 Å². The van der Waals surface area contributed by atoms with Crippen molar-refractivity contribution in [2.45, 2.75) is 13.8 Å². The molecule has 6 heteroatoms. The summed E-state index contributed by atoms with van der Waals surface area (Å²) in [5, 5.41) is 8.36. The van der Waals surface area contributed by atoms with Crippen LogP contribution >= 0.6 is 0 Å². The van der Waals surface area contributed by atoms with Crippen molar-refractivity contribution >= 4 is 0 Å². The van der Waals surface area contributed by atoms with Gasteiger partial charge in [0, 0.05) is 17.8 Å². The summed E-state index contributed by atoms with van der Waals surface area (Å²) in [6.45, 7) is 4.00. The fraction of sp³-hybridized carbons (Fsp3) is 0.100. The third-order valence-electron chi connectivity index (χ3n) is 4.01. The van der Waals surface area contributed by atoms with Crippen LogP contribution in [0.1, 0.15) is 11.1 Å². The average molecular weight is 344 g/mol. The summed E-state index contributed by atoms with van der Waals surface area (Å²) < 4.78 is 6.92. The van der Waals surface area contributed by atoms with Crippen LogP contribution in [0.25, 0.3) is 28.7 Å². The lowest BCUT2D eigenvalue weighted by Crippen LogP contribution is -2.12. The maximum absolute atomic E-state index is 12.3. The Labute approximate surface area is 149 Å². The van der Waals surface area contributed by atoms with Crippen molar-refractivity contribution in [1.82, 2.24) is 19.9 Å². The molecule has 0 amide bonds. The largest absolute Gasteiger partial charge is 0.332 e. The van der Waals surface area contributed by atoms with Gasteiger partial charge in [0.1, 0.15) is 0 Å². The highest BCUT2D eigenvalue weighted by Crippen LogP contribution is 2.20. The van der Waals surface area contributed by atoms with Crippen molar-refractivity contribution in [3.63, 3.8) is 0 Å². The highest BCUT2D eigenvalue weighted by molar-refractivity contribution is 5.58. The van der Waals surface area contributed by atoms with E-state index in [2.05, 4.69) is 15.2 Å². The van der Waals surface area contributed by atoms with Crippen molar-refractivity contribution in [2.75, 3.05) is 0 Å². The standard InChI is InChI=1S/C20H16N4O2/c1-13-6-8-16(9-7-13)24-11-10-17(25)18(22-24)20-21-19(23-26-20)15-5-3-4-14(2)12-15/h3-12H,1-2H3. The van der Waals surface area contributed by atoms with Gasteiger partial charge < -0.3 is 4.52 Å². The van der Waals surface area contributed by atoms with Crippen molar-refractivity contribution < 1.29 is 4.52 Å². The van der Waals surface area contributed by atoms with Crippen LogP contribution in [-0.4, -0.2) is 19.9 Å². The first kappa shape index (κ1) is 16.0. The molecule has 2 heterocycles. The number of hydrogen-bond acceptors (Lipinski definition) is 5. The average Bonchev–Trinajstić information content (AvgIpc) is 3.13. The molecular formula is C20H16N4O2. The van der Waals surface area contributed by atoms with Crippen molar-refractivity contribution in [3.8, 4) is 28.7 Å². The van der Waals surface area contributed by atoms with Crippen molar-refractivity contribution in [1.29, 1.82) is 0 Å². The fourth-order valence-electron chi connectivity index (χ4n) is 2.62. The van der Waals surface area contributed by atoms with Crippen LogP contribution in [0.15, 0.2) is 70.1 Å². The molecule has 0 fully saturated rings. The molecule has 0 unspecified atom stereocenters. The Morgan fingerprint density at radius 2 is 1.77 bits per heavy atom. The van der Waals surface area contributed by atoms with Gasteiger partial charge in [0.25, 0.3) is 5.89 Å². The number of rotatable bonds is 3. The molecule has 4 rings (SSSR count). The molecule has 0 aliphatic carbocycles. The van der Waals surface area contributed by atoms with Gasteiger partial charge in [-0.1, -0.05) is 46.6 Å². The molecule has 0 aliphatic rings. The second-order valence-corrected chi connectivity index (χ2v) is 6.10. The molecule has 2 aromatic heterocycles. The third-order valence-corrected chi connectivity index (χ3v) is 4.01. The summed E-state index contributed by atoms with van der Waals surface area (Å²) >= 11 is 0. The molecule has 0 saturated carbocycles. The van der Waals surface area contributed by atoms with E-state index in [1.165, 1.54) is 6.07 Å². The zero-order valence-corrected chi connectivity index (χ0v) is 14.4. The SMILES string of the molecule is Cc1ccc(-n2ccc(=O)c(-c3nc(-c4cccc(C)c4)no3)n2)cc1. The van der Waals surface area contributed by atoms with E-state index in [4.69, 9.17) is 4.52 Å². The first-order valence-electron chi connectivity index (χ1n) is 8.18. The van der Waals surface area contributed by atoms with Crippen LogP contribution in [0.4, 0.5) is 0 Å². The smallest absolute Gasteiger partial charge is 0.282 e. The van der Waals surface area contributed by atoms with Crippen molar-refractivity contribution in [2.24, 2.45) is 0 Å². The lowest BCUT2D eigenvalue weighted by Gasteiger charge is -2.05. The number of nitrogens with zero attached hydrogens (tertiary/aromatic N) is 4. The number of benzene rings is 2. The molecule has 0 bridgehead atoms. The van der Waals surface area contributed by atoms with Gasteiger partial charge in [-0.15, -0.1) is 0 Å². The Morgan fingerprint density at radius 3 is 2.54 bits per heavy atom. The third kappa shape index (κ3) is 3.04. The molecule has 128 valence electrons. The molecule has 0 aliphatic heterocycles. The van der Waals surface area contributed by atoms with Gasteiger partial charge >= 0.3 is 0 Å². The summed E-state index contributed by atoms with van der Waals surface area (Å²) in [7, 11) is 0. The Bertz CT molecular complexity index is 1130. The van der Waals surface area contributed by atoms with Crippen LogP contribution in [0, 0.1) is 13.8 Å². The number of hydrogen-bond donors (Lipinski definition) is 0. The van der Waals surface area contributed by atoms with Gasteiger partial charge in [0.15, 0.2) is 5.69 Å². The predicted octanol–water partition coefficient (Wildman–Crippen LogP) is 3.57. The number of aryl methyl sites for hydroxylation is 2. The van der Waals surface area contributed by atoms with Crippen LogP contribution in [0.3, 0.4) is 0 Å². The Kier molecular flexibility index (Phi) is 3.93. The van der Waals surface area contributed by atoms with Gasteiger partial charge in [-0.25, -0.2) is 4.68 Å². The van der Waals surface area contributed by atoms with Crippen molar-refractivity contribution in [3.05, 3.63) is 82.1 Å². The normalized spacial score (nSPS) is 10.8. The molecule has 0 N–H and O–H groups in total. The van der Waals surface area contributed by atoms with Gasteiger partial charge in [-0.3, -0.25) is 4.79 Å². The first-order valence-corrected chi connectivity index (χ1v) is 8.18. The number of aromatic nitrogens is 4. The molecule has 0 atom stereocenters. The molecule has 4 aromatic rings. The van der Waals surface area contributed by atoms with Crippen LogP contribution in [0.2, 0.25) is 0 Å². The molecule has 0 saturated heterocycles. The van der Waals surface area contributed by atoms with E-state index in [-0.39, 0.29) is 17.0 Å². The molecule has 0 radical (unpaired) electrons. The van der Waals surface area contributed by atoms with E-state index in [9.17, 15) is 4.79 Å². The van der Waals surface area contributed by atoms with Gasteiger partial charge in [0.05, 0.1) is 5.69 Å². The minimum atomic E-state index is -0.271. The monoisotopic (exact) mass is 344 g/mol. The molecule has 2 aromatic carbocycles. The lowest BCUT2D eigenvalue weighted by molar-refractivity contribution is 0.429. The minimum absolute atomic E-state index is 0.105. The first-order chi connectivity index (χ1) is 12.6. The topological polar surface area (TPSA) is 73.8 Å². The fourth-order valence-corrected chi connectivity index (χ4v) is 2.62. The second kappa shape index (κ2) is 6.40. The highest BCUT2D eigenvalue weighted by Gasteiger charge is 2.16. The highest BCUT2D eigenvalue weighted by atomic mass is 16.5. The zero-order chi connectivity index (χ0) is 18.1. The summed E-state index contributed by atoms with van der Waals surface area (Å²) in [4.78, 5) is 16.6. The maximum atomic E-state index is 12.3. The van der Waals surface area contributed by atoms with E-state index < -0.39 is 0 Å². The van der Waals surface area contributed by atoms with Gasteiger partial charge in [0.2, 0.25) is 11.3 Å². The van der Waals surface area contributed by atoms with E-state index in [1.54, 1.807) is 10.9 Å². The van der Waals surface area contributed by atoms with Crippen LogP contribution < -0.4 is 5.43 Å². The molecular weight excluding hydrogens is 328 g/mol. The van der Waals surface area contributed by atoms with Gasteiger partial charge in [-0.2, -0.15) is 10.1 Å². The van der Waals surface area contributed by atoms with E-state index >= 15 is 0 Å². The predicted molar refractivity (Wildman–Crippen MR) is 98.0 cm³/mol. The van der Waals surface area contributed by atoms with Crippen LogP contribution in [-0.2, 0) is 0 Å². The minimum Gasteiger partial charge on any atom is -0.332 e. The Balaban J connectivity index is 1.75. The Hall–Kier alpha value is -3.54. The quantitative estimate of drug-likeness (QED) is 0.568. The van der Waals surface area contributed by atoms with Gasteiger partial charge in [-0.05, 0) is 32.0 Å². The second-order valence-electron chi connectivity index (χ2n) is 6.10. The van der Waals surface area contributed by atoms with Crippen LogP contribution in [0.5, 0.6) is 0 Å². The van der Waals surface area contributed by atoms with E-state index in [1.807, 2.05) is 62.4 Å². The zero-order valence-electron chi connectivity index (χ0n) is 14.4. The Morgan fingerprint density at radius 1 is 0.962 bits per heavy atom. The molecule has 26 heavy (non-hydrogen) atoms. The lowest BCUT2D eigenvalue weighted by atomic mass is 10.1. The summed E-state index contributed by atoms with van der Waals surface area (Å²) in [6.07, 6.45) is 1.62. The maximum Gasteiger partial charge on any atom is 0.282 e.